The zero-order valence-electron chi connectivity index (χ0n) is 12.3. The summed E-state index contributed by atoms with van der Waals surface area (Å²) >= 11 is 0. The van der Waals surface area contributed by atoms with Gasteiger partial charge in [-0.3, -0.25) is 9.69 Å². The van der Waals surface area contributed by atoms with Crippen LogP contribution in [0.2, 0.25) is 0 Å². The minimum atomic E-state index is -0.535. The number of likely N-dealkylation sites (tertiary alicyclic amines) is 1. The molecule has 3 rings (SSSR count). The van der Waals surface area contributed by atoms with Crippen LogP contribution in [0, 0.1) is 0 Å². The lowest BCUT2D eigenvalue weighted by atomic mass is 10.0. The van der Waals surface area contributed by atoms with E-state index in [1.54, 1.807) is 0 Å². The van der Waals surface area contributed by atoms with Crippen molar-refractivity contribution >= 4 is 5.91 Å². The Hall–Kier alpha value is -0.650. The first-order valence-electron chi connectivity index (χ1n) is 8.14. The molecule has 2 saturated heterocycles. The molecule has 114 valence electrons. The summed E-state index contributed by atoms with van der Waals surface area (Å²) in [6.45, 7) is 5.12. The number of rotatable bonds is 3. The number of β-amino-alcohol motifs (C(OH)–C–C–N with tert-alkyl or cyclic N) is 1. The maximum absolute atomic E-state index is 12.7. The van der Waals surface area contributed by atoms with E-state index in [-0.39, 0.29) is 11.9 Å². The summed E-state index contributed by atoms with van der Waals surface area (Å²) < 4.78 is 0. The van der Waals surface area contributed by atoms with Crippen LogP contribution in [0.15, 0.2) is 0 Å². The maximum atomic E-state index is 12.7. The molecule has 2 aliphatic heterocycles. The third-order valence-corrected chi connectivity index (χ3v) is 5.11. The summed E-state index contributed by atoms with van der Waals surface area (Å²) in [5, 5.41) is 13.9. The van der Waals surface area contributed by atoms with E-state index < -0.39 is 5.60 Å². The second kappa shape index (κ2) is 6.00. The van der Waals surface area contributed by atoms with Crippen LogP contribution in [0.1, 0.15) is 38.5 Å². The van der Waals surface area contributed by atoms with Crippen LogP contribution in [0.25, 0.3) is 0 Å². The molecule has 5 nitrogen and oxygen atoms in total. The van der Waals surface area contributed by atoms with Crippen LogP contribution >= 0.6 is 0 Å². The number of aliphatic hydroxyl groups is 1. The Morgan fingerprint density at radius 1 is 1.15 bits per heavy atom. The van der Waals surface area contributed by atoms with Crippen molar-refractivity contribution in [2.45, 2.75) is 50.2 Å². The van der Waals surface area contributed by atoms with Crippen molar-refractivity contribution in [2.24, 2.45) is 0 Å². The predicted octanol–water partition coefficient (Wildman–Crippen LogP) is 0.188. The molecule has 0 radical (unpaired) electrons. The van der Waals surface area contributed by atoms with Crippen LogP contribution in [-0.4, -0.2) is 71.7 Å². The number of nitrogens with one attached hydrogen (secondary N) is 1. The topological polar surface area (TPSA) is 55.8 Å². The van der Waals surface area contributed by atoms with E-state index in [0.717, 1.165) is 71.2 Å². The van der Waals surface area contributed by atoms with E-state index in [1.165, 1.54) is 0 Å². The summed E-state index contributed by atoms with van der Waals surface area (Å²) in [6.07, 6.45) is 6.09. The molecule has 0 aromatic carbocycles. The van der Waals surface area contributed by atoms with Gasteiger partial charge in [-0.15, -0.1) is 0 Å². The van der Waals surface area contributed by atoms with Crippen molar-refractivity contribution in [3.05, 3.63) is 0 Å². The van der Waals surface area contributed by atoms with E-state index in [0.29, 0.717) is 6.54 Å². The summed E-state index contributed by atoms with van der Waals surface area (Å²) in [5.41, 5.74) is -0.535. The van der Waals surface area contributed by atoms with Gasteiger partial charge in [0.1, 0.15) is 0 Å². The van der Waals surface area contributed by atoms with E-state index in [9.17, 15) is 9.90 Å². The highest BCUT2D eigenvalue weighted by atomic mass is 16.3. The third-order valence-electron chi connectivity index (χ3n) is 5.11. The quantitative estimate of drug-likeness (QED) is 0.775. The van der Waals surface area contributed by atoms with E-state index in [1.807, 2.05) is 4.90 Å². The highest BCUT2D eigenvalue weighted by Crippen LogP contribution is 2.32. The lowest BCUT2D eigenvalue weighted by molar-refractivity contribution is -0.137. The van der Waals surface area contributed by atoms with Gasteiger partial charge < -0.3 is 15.3 Å². The average molecular weight is 281 g/mol. The molecule has 0 spiro atoms. The summed E-state index contributed by atoms with van der Waals surface area (Å²) in [6, 6.07) is 0.0118. The molecule has 1 saturated carbocycles. The molecule has 0 aromatic heterocycles. The number of carbonyl (C=O) groups excluding carboxylic acids is 1. The number of hydrogen-bond acceptors (Lipinski definition) is 4. The van der Waals surface area contributed by atoms with E-state index in [2.05, 4.69) is 10.2 Å². The molecular weight excluding hydrogens is 254 g/mol. The van der Waals surface area contributed by atoms with Gasteiger partial charge in [0.2, 0.25) is 5.91 Å². The molecule has 3 fully saturated rings. The summed E-state index contributed by atoms with van der Waals surface area (Å²) in [4.78, 5) is 16.9. The highest BCUT2D eigenvalue weighted by Gasteiger charge is 2.40. The molecule has 3 aliphatic rings. The zero-order chi connectivity index (χ0) is 14.0. The van der Waals surface area contributed by atoms with Gasteiger partial charge >= 0.3 is 0 Å². The van der Waals surface area contributed by atoms with Gasteiger partial charge in [0.15, 0.2) is 0 Å². The van der Waals surface area contributed by atoms with Gasteiger partial charge in [-0.2, -0.15) is 0 Å². The van der Waals surface area contributed by atoms with Crippen LogP contribution in [0.4, 0.5) is 0 Å². The Kier molecular flexibility index (Phi) is 4.29. The van der Waals surface area contributed by atoms with Crippen LogP contribution < -0.4 is 5.32 Å². The Balaban J connectivity index is 1.61. The zero-order valence-corrected chi connectivity index (χ0v) is 12.3. The first kappa shape index (κ1) is 14.3. The second-order valence-electron chi connectivity index (χ2n) is 6.64. The van der Waals surface area contributed by atoms with Crippen molar-refractivity contribution in [2.75, 3.05) is 39.3 Å². The predicted molar refractivity (Wildman–Crippen MR) is 77.5 cm³/mol. The fourth-order valence-electron chi connectivity index (χ4n) is 3.96. The minimum Gasteiger partial charge on any atom is -0.389 e. The number of carbonyl (C=O) groups is 1. The Labute approximate surface area is 121 Å². The standard InChI is InChI=1S/C15H27N3O2/c19-14(17-10-7-16-8-11-17)13-4-3-9-18(13)12-15(20)5-1-2-6-15/h13,16,20H,1-12H2. The van der Waals surface area contributed by atoms with Gasteiger partial charge in [-0.25, -0.2) is 0 Å². The molecule has 0 aromatic rings. The van der Waals surface area contributed by atoms with Crippen molar-refractivity contribution in [1.82, 2.24) is 15.1 Å². The first-order chi connectivity index (χ1) is 9.68. The Bertz CT molecular complexity index is 349. The molecule has 0 bridgehead atoms. The largest absolute Gasteiger partial charge is 0.389 e. The lowest BCUT2D eigenvalue weighted by Crippen LogP contribution is -2.54. The fourth-order valence-corrected chi connectivity index (χ4v) is 3.96. The third kappa shape index (κ3) is 3.00. The van der Waals surface area contributed by atoms with Crippen LogP contribution in [0.3, 0.4) is 0 Å². The van der Waals surface area contributed by atoms with Crippen LogP contribution in [-0.2, 0) is 4.79 Å². The van der Waals surface area contributed by atoms with Crippen LogP contribution in [0.5, 0.6) is 0 Å². The van der Waals surface area contributed by atoms with Gasteiger partial charge in [-0.1, -0.05) is 12.8 Å². The molecule has 2 N–H and O–H groups in total. The maximum Gasteiger partial charge on any atom is 0.240 e. The second-order valence-corrected chi connectivity index (χ2v) is 6.64. The van der Waals surface area contributed by atoms with Gasteiger partial charge in [0.05, 0.1) is 11.6 Å². The van der Waals surface area contributed by atoms with E-state index in [4.69, 9.17) is 0 Å². The normalized spacial score (nSPS) is 30.9. The molecule has 1 aliphatic carbocycles. The SMILES string of the molecule is O=C(C1CCCN1CC1(O)CCCC1)N1CCNCC1. The van der Waals surface area contributed by atoms with Gasteiger partial charge in [0, 0.05) is 32.7 Å². The van der Waals surface area contributed by atoms with Crippen molar-refractivity contribution < 1.29 is 9.90 Å². The molecule has 20 heavy (non-hydrogen) atoms. The average Bonchev–Trinajstić information content (AvgIpc) is 3.09. The molecule has 2 heterocycles. The number of piperazine rings is 1. The molecule has 1 amide bonds. The molecule has 1 unspecified atom stereocenters. The smallest absolute Gasteiger partial charge is 0.240 e. The monoisotopic (exact) mass is 281 g/mol. The van der Waals surface area contributed by atoms with Gasteiger partial charge in [0.25, 0.3) is 0 Å². The van der Waals surface area contributed by atoms with Crippen molar-refractivity contribution in [3.63, 3.8) is 0 Å². The number of amides is 1. The number of nitrogens with zero attached hydrogens (tertiary/aromatic N) is 2. The summed E-state index contributed by atoms with van der Waals surface area (Å²) in [5.74, 6) is 0.283. The highest BCUT2D eigenvalue weighted by molar-refractivity contribution is 5.82. The first-order valence-corrected chi connectivity index (χ1v) is 8.14. The van der Waals surface area contributed by atoms with Crippen molar-refractivity contribution in [1.29, 1.82) is 0 Å². The summed E-state index contributed by atoms with van der Waals surface area (Å²) in [7, 11) is 0. The molecule has 5 heteroatoms. The number of hydrogen-bond donors (Lipinski definition) is 2. The fraction of sp³-hybridized carbons (Fsp3) is 0.933. The lowest BCUT2D eigenvalue weighted by Gasteiger charge is -2.35. The van der Waals surface area contributed by atoms with E-state index >= 15 is 0 Å². The Morgan fingerprint density at radius 3 is 2.55 bits per heavy atom. The minimum absolute atomic E-state index is 0.0118. The molecule has 1 atom stereocenters. The van der Waals surface area contributed by atoms with Crippen molar-refractivity contribution in [3.8, 4) is 0 Å². The Morgan fingerprint density at radius 2 is 1.85 bits per heavy atom. The van der Waals surface area contributed by atoms with Gasteiger partial charge in [-0.05, 0) is 32.2 Å². The molecular formula is C15H27N3O2.